The molecule has 20 heavy (non-hydrogen) atoms. The number of carbonyl (C=O) groups is 1. The fourth-order valence-electron chi connectivity index (χ4n) is 2.21. The van der Waals surface area contributed by atoms with Gasteiger partial charge in [0.2, 0.25) is 0 Å². The lowest BCUT2D eigenvalue weighted by Crippen LogP contribution is -2.36. The van der Waals surface area contributed by atoms with Crippen molar-refractivity contribution >= 4 is 5.91 Å². The highest BCUT2D eigenvalue weighted by molar-refractivity contribution is 5.95. The van der Waals surface area contributed by atoms with E-state index in [4.69, 9.17) is 9.47 Å². The van der Waals surface area contributed by atoms with E-state index in [-0.39, 0.29) is 11.9 Å². The van der Waals surface area contributed by atoms with E-state index in [1.807, 2.05) is 6.92 Å². The first kappa shape index (κ1) is 14.7. The van der Waals surface area contributed by atoms with Crippen LogP contribution in [0, 0.1) is 11.6 Å². The van der Waals surface area contributed by atoms with E-state index < -0.39 is 23.1 Å². The summed E-state index contributed by atoms with van der Waals surface area (Å²) in [6.45, 7) is 3.11. The van der Waals surface area contributed by atoms with Crippen molar-refractivity contribution in [2.75, 3.05) is 26.8 Å². The second-order valence-electron chi connectivity index (χ2n) is 4.75. The lowest BCUT2D eigenvalue weighted by Gasteiger charge is -2.22. The van der Waals surface area contributed by atoms with Crippen LogP contribution in [0.3, 0.4) is 0 Å². The van der Waals surface area contributed by atoms with E-state index in [1.165, 1.54) is 12.0 Å². The Balaban J connectivity index is 2.28. The van der Waals surface area contributed by atoms with E-state index in [1.54, 1.807) is 0 Å². The topological polar surface area (TPSA) is 38.8 Å². The molecule has 4 nitrogen and oxygen atoms in total. The van der Waals surface area contributed by atoms with Crippen molar-refractivity contribution in [1.29, 1.82) is 0 Å². The summed E-state index contributed by atoms with van der Waals surface area (Å²) in [7, 11) is 1.31. The Kier molecular flexibility index (Phi) is 4.54. The van der Waals surface area contributed by atoms with Gasteiger partial charge in [0.15, 0.2) is 0 Å². The molecule has 1 saturated heterocycles. The van der Waals surface area contributed by atoms with Gasteiger partial charge in [-0.15, -0.1) is 0 Å². The van der Waals surface area contributed by atoms with Crippen molar-refractivity contribution in [1.82, 2.24) is 4.90 Å². The number of benzene rings is 1. The van der Waals surface area contributed by atoms with E-state index in [0.29, 0.717) is 26.1 Å². The van der Waals surface area contributed by atoms with Gasteiger partial charge in [-0.25, -0.2) is 8.78 Å². The first-order valence-electron chi connectivity index (χ1n) is 6.47. The van der Waals surface area contributed by atoms with E-state index in [0.717, 1.165) is 12.1 Å². The van der Waals surface area contributed by atoms with Crippen molar-refractivity contribution < 1.29 is 23.0 Å². The van der Waals surface area contributed by atoms with Crippen LogP contribution in [0.5, 0.6) is 5.75 Å². The molecular formula is C14H17F2NO3. The first-order chi connectivity index (χ1) is 9.52. The molecule has 1 heterocycles. The highest BCUT2D eigenvalue weighted by Crippen LogP contribution is 2.22. The number of carbonyl (C=O) groups excluding carboxylic acids is 1. The number of hydrogen-bond acceptors (Lipinski definition) is 3. The molecule has 0 N–H and O–H groups in total. The summed E-state index contributed by atoms with van der Waals surface area (Å²) < 4.78 is 38.0. The monoisotopic (exact) mass is 285 g/mol. The van der Waals surface area contributed by atoms with E-state index >= 15 is 0 Å². The van der Waals surface area contributed by atoms with Gasteiger partial charge in [0.1, 0.15) is 22.9 Å². The molecule has 0 unspecified atom stereocenters. The van der Waals surface area contributed by atoms with Gasteiger partial charge in [0.25, 0.3) is 5.91 Å². The zero-order valence-corrected chi connectivity index (χ0v) is 11.5. The maximum absolute atomic E-state index is 13.9. The Hall–Kier alpha value is -1.69. The molecule has 1 aromatic rings. The van der Waals surface area contributed by atoms with Crippen molar-refractivity contribution in [3.8, 4) is 5.75 Å². The second-order valence-corrected chi connectivity index (χ2v) is 4.75. The molecule has 2 rings (SSSR count). The number of nitrogens with zero attached hydrogens (tertiary/aromatic N) is 1. The standard InChI is InChI=1S/C14H17F2NO3/c1-9-8-17(4-3-5-20-9)14(18)13-11(15)6-10(19-2)7-12(13)16/h6-7,9H,3-5,8H2,1-2H3/t9-/m0/s1. The number of methoxy groups -OCH3 is 1. The Labute approximate surface area is 116 Å². The van der Waals surface area contributed by atoms with Crippen molar-refractivity contribution in [2.24, 2.45) is 0 Å². The van der Waals surface area contributed by atoms with Crippen LogP contribution in [0.2, 0.25) is 0 Å². The van der Waals surface area contributed by atoms with Crippen LogP contribution in [0.4, 0.5) is 8.78 Å². The normalized spacial score (nSPS) is 19.6. The quantitative estimate of drug-likeness (QED) is 0.836. The van der Waals surface area contributed by atoms with Crippen molar-refractivity contribution in [3.63, 3.8) is 0 Å². The number of amides is 1. The minimum absolute atomic E-state index is 0.0455. The van der Waals surface area contributed by atoms with Gasteiger partial charge in [-0.05, 0) is 13.3 Å². The third-order valence-corrected chi connectivity index (χ3v) is 3.20. The first-order valence-corrected chi connectivity index (χ1v) is 6.47. The molecule has 1 aliphatic rings. The minimum atomic E-state index is -0.912. The molecule has 0 radical (unpaired) electrons. The smallest absolute Gasteiger partial charge is 0.259 e. The van der Waals surface area contributed by atoms with Crippen LogP contribution in [-0.4, -0.2) is 43.7 Å². The Bertz CT molecular complexity index is 484. The minimum Gasteiger partial charge on any atom is -0.497 e. The Morgan fingerprint density at radius 2 is 2.05 bits per heavy atom. The summed E-state index contributed by atoms with van der Waals surface area (Å²) >= 11 is 0. The average Bonchev–Trinajstić information content (AvgIpc) is 2.62. The molecule has 1 amide bonds. The number of hydrogen-bond donors (Lipinski definition) is 0. The van der Waals surface area contributed by atoms with Gasteiger partial charge in [0.05, 0.1) is 13.2 Å². The summed E-state index contributed by atoms with van der Waals surface area (Å²) in [5, 5.41) is 0. The third-order valence-electron chi connectivity index (χ3n) is 3.20. The molecule has 110 valence electrons. The fraction of sp³-hybridized carbons (Fsp3) is 0.500. The Morgan fingerprint density at radius 1 is 1.40 bits per heavy atom. The van der Waals surface area contributed by atoms with Crippen LogP contribution in [-0.2, 0) is 4.74 Å². The number of halogens is 2. The second kappa shape index (κ2) is 6.17. The molecule has 1 atom stereocenters. The van der Waals surface area contributed by atoms with Gasteiger partial charge in [0, 0.05) is 31.8 Å². The third kappa shape index (κ3) is 3.07. The zero-order valence-electron chi connectivity index (χ0n) is 11.5. The number of rotatable bonds is 2. The molecule has 6 heteroatoms. The predicted molar refractivity (Wildman–Crippen MR) is 68.8 cm³/mol. The van der Waals surface area contributed by atoms with Crippen LogP contribution in [0.25, 0.3) is 0 Å². The summed E-state index contributed by atoms with van der Waals surface area (Å²) in [6, 6.07) is 2.02. The highest BCUT2D eigenvalue weighted by atomic mass is 19.1. The van der Waals surface area contributed by atoms with Gasteiger partial charge >= 0.3 is 0 Å². The maximum Gasteiger partial charge on any atom is 0.259 e. The molecule has 0 saturated carbocycles. The Morgan fingerprint density at radius 3 is 2.65 bits per heavy atom. The van der Waals surface area contributed by atoms with Gasteiger partial charge in [-0.3, -0.25) is 4.79 Å². The molecule has 1 fully saturated rings. The fourth-order valence-corrected chi connectivity index (χ4v) is 2.21. The van der Waals surface area contributed by atoms with Crippen LogP contribution in [0.15, 0.2) is 12.1 Å². The largest absolute Gasteiger partial charge is 0.497 e. The zero-order chi connectivity index (χ0) is 14.7. The summed E-state index contributed by atoms with van der Waals surface area (Å²) in [5.41, 5.74) is -0.542. The predicted octanol–water partition coefficient (Wildman–Crippen LogP) is 2.22. The molecular weight excluding hydrogens is 268 g/mol. The van der Waals surface area contributed by atoms with Crippen LogP contribution >= 0.6 is 0 Å². The average molecular weight is 285 g/mol. The molecule has 1 aromatic carbocycles. The summed E-state index contributed by atoms with van der Waals surface area (Å²) in [6.07, 6.45) is 0.501. The summed E-state index contributed by atoms with van der Waals surface area (Å²) in [4.78, 5) is 13.7. The molecule has 0 bridgehead atoms. The van der Waals surface area contributed by atoms with Crippen LogP contribution < -0.4 is 4.74 Å². The maximum atomic E-state index is 13.9. The van der Waals surface area contributed by atoms with Gasteiger partial charge in [-0.1, -0.05) is 0 Å². The summed E-state index contributed by atoms with van der Waals surface area (Å²) in [5.74, 6) is -2.43. The van der Waals surface area contributed by atoms with Crippen molar-refractivity contribution in [2.45, 2.75) is 19.4 Å². The lowest BCUT2D eigenvalue weighted by molar-refractivity contribution is 0.0557. The van der Waals surface area contributed by atoms with Gasteiger partial charge in [-0.2, -0.15) is 0 Å². The van der Waals surface area contributed by atoms with E-state index in [2.05, 4.69) is 0 Å². The van der Waals surface area contributed by atoms with Crippen LogP contribution in [0.1, 0.15) is 23.7 Å². The molecule has 0 aliphatic carbocycles. The highest BCUT2D eigenvalue weighted by Gasteiger charge is 2.26. The number of ether oxygens (including phenoxy) is 2. The molecule has 0 spiro atoms. The SMILES string of the molecule is COc1cc(F)c(C(=O)N2CCCO[C@@H](C)C2)c(F)c1. The van der Waals surface area contributed by atoms with E-state index in [9.17, 15) is 13.6 Å². The lowest BCUT2D eigenvalue weighted by atomic mass is 10.1. The van der Waals surface area contributed by atoms with Gasteiger partial charge < -0.3 is 14.4 Å². The van der Waals surface area contributed by atoms with Crippen molar-refractivity contribution in [3.05, 3.63) is 29.3 Å². The molecule has 0 aromatic heterocycles. The molecule has 1 aliphatic heterocycles.